The van der Waals surface area contributed by atoms with Gasteiger partial charge in [0.2, 0.25) is 0 Å². The van der Waals surface area contributed by atoms with E-state index in [2.05, 4.69) is 12.1 Å². The molecule has 0 amide bonds. The molecule has 0 aliphatic heterocycles. The zero-order valence-corrected chi connectivity index (χ0v) is 8.66. The second-order valence-corrected chi connectivity index (χ2v) is 3.72. The van der Waals surface area contributed by atoms with Crippen LogP contribution in [0.15, 0.2) is 16.9 Å². The molecule has 3 nitrogen and oxygen atoms in total. The van der Waals surface area contributed by atoms with Crippen LogP contribution in [0.2, 0.25) is 0 Å². The normalized spacial score (nSPS) is 14.1. The summed E-state index contributed by atoms with van der Waals surface area (Å²) in [5, 5.41) is 8.97. The van der Waals surface area contributed by atoms with Crippen LogP contribution in [-0.4, -0.2) is 4.57 Å². The van der Waals surface area contributed by atoms with Crippen molar-refractivity contribution in [3.05, 3.63) is 39.3 Å². The van der Waals surface area contributed by atoms with Gasteiger partial charge in [0.25, 0.3) is 5.56 Å². The van der Waals surface area contributed by atoms with Crippen LogP contribution in [0.3, 0.4) is 0 Å². The number of pyridine rings is 1. The molecule has 0 unspecified atom stereocenters. The molecule has 1 aromatic rings. The second kappa shape index (κ2) is 3.74. The number of allylic oxidation sites excluding steroid dienone is 1. The summed E-state index contributed by atoms with van der Waals surface area (Å²) in [6, 6.07) is 3.50. The molecular formula is C12H12N2O. The molecule has 0 N–H and O–H groups in total. The summed E-state index contributed by atoms with van der Waals surface area (Å²) in [7, 11) is 1.77. The number of hydrogen-bond donors (Lipinski definition) is 0. The van der Waals surface area contributed by atoms with Crippen molar-refractivity contribution in [3.8, 4) is 6.07 Å². The highest BCUT2D eigenvalue weighted by Crippen LogP contribution is 2.19. The minimum atomic E-state index is -0.0967. The van der Waals surface area contributed by atoms with Crippen molar-refractivity contribution >= 4 is 6.08 Å². The van der Waals surface area contributed by atoms with Crippen molar-refractivity contribution in [2.24, 2.45) is 7.05 Å². The van der Waals surface area contributed by atoms with Crippen LogP contribution in [0.5, 0.6) is 0 Å². The van der Waals surface area contributed by atoms with E-state index in [0.29, 0.717) is 5.56 Å². The summed E-state index contributed by atoms with van der Waals surface area (Å²) in [4.78, 5) is 11.6. The highest BCUT2D eigenvalue weighted by Gasteiger charge is 2.12. The zero-order valence-electron chi connectivity index (χ0n) is 8.66. The molecule has 0 bridgehead atoms. The first kappa shape index (κ1) is 9.72. The van der Waals surface area contributed by atoms with E-state index in [1.165, 1.54) is 6.07 Å². The second-order valence-electron chi connectivity index (χ2n) is 3.72. The molecule has 1 aromatic heterocycles. The summed E-state index contributed by atoms with van der Waals surface area (Å²) in [6.45, 7) is 0. The average Bonchev–Trinajstić information content (AvgIpc) is 2.49. The molecule has 1 aliphatic carbocycles. The third-order valence-corrected chi connectivity index (χ3v) is 2.79. The molecule has 0 atom stereocenters. The van der Waals surface area contributed by atoms with Crippen molar-refractivity contribution in [3.63, 3.8) is 0 Å². The molecule has 76 valence electrons. The number of hydrogen-bond acceptors (Lipinski definition) is 2. The van der Waals surface area contributed by atoms with Gasteiger partial charge in [0, 0.05) is 24.4 Å². The Morgan fingerprint density at radius 1 is 1.53 bits per heavy atom. The molecule has 1 heterocycles. The topological polar surface area (TPSA) is 45.8 Å². The van der Waals surface area contributed by atoms with Gasteiger partial charge in [-0.2, -0.15) is 5.26 Å². The van der Waals surface area contributed by atoms with E-state index in [9.17, 15) is 4.79 Å². The molecule has 3 heteroatoms. The fraction of sp³-hybridized carbons (Fsp3) is 0.333. The Balaban J connectivity index is 2.78. The minimum absolute atomic E-state index is 0.0967. The fourth-order valence-electron chi connectivity index (χ4n) is 1.94. The van der Waals surface area contributed by atoms with E-state index in [4.69, 9.17) is 5.26 Å². The molecule has 0 fully saturated rings. The zero-order chi connectivity index (χ0) is 10.8. The Morgan fingerprint density at radius 2 is 2.33 bits per heavy atom. The maximum Gasteiger partial charge on any atom is 0.251 e. The number of nitrogens with zero attached hydrogens (tertiary/aromatic N) is 2. The van der Waals surface area contributed by atoms with E-state index < -0.39 is 0 Å². The maximum atomic E-state index is 11.6. The van der Waals surface area contributed by atoms with Crippen molar-refractivity contribution < 1.29 is 0 Å². The van der Waals surface area contributed by atoms with Crippen molar-refractivity contribution in [2.45, 2.75) is 19.3 Å². The van der Waals surface area contributed by atoms with E-state index in [1.807, 2.05) is 6.08 Å². The van der Waals surface area contributed by atoms with Crippen LogP contribution in [0.4, 0.5) is 0 Å². The smallest absolute Gasteiger partial charge is 0.251 e. The SMILES string of the molecule is Cn1c2c(c(C#N)cc1=O)C=CCCC2. The quantitative estimate of drug-likeness (QED) is 0.638. The average molecular weight is 200 g/mol. The van der Waals surface area contributed by atoms with Crippen LogP contribution in [0.25, 0.3) is 6.08 Å². The van der Waals surface area contributed by atoms with Crippen LogP contribution < -0.4 is 5.56 Å². The monoisotopic (exact) mass is 200 g/mol. The van der Waals surface area contributed by atoms with Gasteiger partial charge in [0.05, 0.1) is 5.56 Å². The van der Waals surface area contributed by atoms with E-state index in [0.717, 1.165) is 30.5 Å². The Labute approximate surface area is 88.3 Å². The Kier molecular flexibility index (Phi) is 2.42. The lowest BCUT2D eigenvalue weighted by molar-refractivity contribution is 0.728. The van der Waals surface area contributed by atoms with Gasteiger partial charge in [-0.3, -0.25) is 4.79 Å². The predicted octanol–water partition coefficient (Wildman–Crippen LogP) is 1.61. The first-order valence-corrected chi connectivity index (χ1v) is 5.03. The summed E-state index contributed by atoms with van der Waals surface area (Å²) in [6.07, 6.45) is 6.93. The van der Waals surface area contributed by atoms with Gasteiger partial charge < -0.3 is 4.57 Å². The standard InChI is InChI=1S/C12H12N2O/c1-14-11-6-4-2-3-5-10(11)9(8-13)7-12(14)15/h3,5,7H,2,4,6H2,1H3. The van der Waals surface area contributed by atoms with Crippen LogP contribution in [0.1, 0.15) is 29.7 Å². The van der Waals surface area contributed by atoms with Crippen molar-refractivity contribution in [1.82, 2.24) is 4.57 Å². The lowest BCUT2D eigenvalue weighted by atomic mass is 10.1. The molecule has 0 aromatic carbocycles. The molecule has 15 heavy (non-hydrogen) atoms. The summed E-state index contributed by atoms with van der Waals surface area (Å²) >= 11 is 0. The van der Waals surface area contributed by atoms with Crippen LogP contribution >= 0.6 is 0 Å². The van der Waals surface area contributed by atoms with Gasteiger partial charge in [-0.15, -0.1) is 0 Å². The molecule has 2 rings (SSSR count). The van der Waals surface area contributed by atoms with E-state index >= 15 is 0 Å². The molecule has 0 radical (unpaired) electrons. The van der Waals surface area contributed by atoms with Gasteiger partial charge in [-0.1, -0.05) is 12.2 Å². The third-order valence-electron chi connectivity index (χ3n) is 2.79. The number of nitriles is 1. The van der Waals surface area contributed by atoms with Gasteiger partial charge in [-0.05, 0) is 19.3 Å². The Bertz CT molecular complexity index is 518. The Morgan fingerprint density at radius 3 is 3.07 bits per heavy atom. The lowest BCUT2D eigenvalue weighted by Crippen LogP contribution is -2.21. The number of rotatable bonds is 0. The Hall–Kier alpha value is -1.82. The molecule has 0 saturated carbocycles. The highest BCUT2D eigenvalue weighted by molar-refractivity contribution is 5.60. The van der Waals surface area contributed by atoms with Gasteiger partial charge in [0.1, 0.15) is 6.07 Å². The first-order chi connectivity index (χ1) is 7.24. The maximum absolute atomic E-state index is 11.6. The summed E-state index contributed by atoms with van der Waals surface area (Å²) in [5.41, 5.74) is 2.29. The fourth-order valence-corrected chi connectivity index (χ4v) is 1.94. The third kappa shape index (κ3) is 1.59. The molecule has 0 saturated heterocycles. The van der Waals surface area contributed by atoms with E-state index in [-0.39, 0.29) is 5.56 Å². The molecule has 0 spiro atoms. The molecular weight excluding hydrogens is 188 g/mol. The van der Waals surface area contributed by atoms with Crippen molar-refractivity contribution in [1.29, 1.82) is 5.26 Å². The van der Waals surface area contributed by atoms with Crippen LogP contribution in [-0.2, 0) is 13.5 Å². The lowest BCUT2D eigenvalue weighted by Gasteiger charge is -2.10. The number of fused-ring (bicyclic) bond motifs is 1. The largest absolute Gasteiger partial charge is 0.315 e. The minimum Gasteiger partial charge on any atom is -0.315 e. The first-order valence-electron chi connectivity index (χ1n) is 5.03. The summed E-state index contributed by atoms with van der Waals surface area (Å²) in [5.74, 6) is 0. The van der Waals surface area contributed by atoms with E-state index in [1.54, 1.807) is 11.6 Å². The van der Waals surface area contributed by atoms with Gasteiger partial charge in [0.15, 0.2) is 0 Å². The number of aromatic nitrogens is 1. The summed E-state index contributed by atoms with van der Waals surface area (Å²) < 4.78 is 1.64. The molecule has 1 aliphatic rings. The highest BCUT2D eigenvalue weighted by atomic mass is 16.1. The predicted molar refractivity (Wildman–Crippen MR) is 58.4 cm³/mol. The van der Waals surface area contributed by atoms with Crippen LogP contribution in [0, 0.1) is 11.3 Å². The van der Waals surface area contributed by atoms with Crippen molar-refractivity contribution in [2.75, 3.05) is 0 Å². The van der Waals surface area contributed by atoms with Gasteiger partial charge >= 0.3 is 0 Å². The van der Waals surface area contributed by atoms with Gasteiger partial charge in [-0.25, -0.2) is 0 Å².